The summed E-state index contributed by atoms with van der Waals surface area (Å²) in [6, 6.07) is 1.74. The van der Waals surface area contributed by atoms with Crippen LogP contribution in [0.4, 0.5) is 0 Å². The molecule has 0 fully saturated rings. The lowest BCUT2D eigenvalue weighted by Gasteiger charge is -2.06. The molecule has 0 aromatic carbocycles. The molecular formula is C10H16ClNO2. The lowest BCUT2D eigenvalue weighted by Crippen LogP contribution is -2.00. The maximum Gasteiger partial charge on any atom is 0.188 e. The number of hydrogen-bond acceptors (Lipinski definition) is 3. The molecule has 0 amide bonds. The van der Waals surface area contributed by atoms with Crippen LogP contribution in [-0.2, 0) is 4.74 Å². The van der Waals surface area contributed by atoms with E-state index in [1.165, 1.54) is 0 Å². The number of rotatable bonds is 3. The number of ether oxygens (including phenoxy) is 2. The summed E-state index contributed by atoms with van der Waals surface area (Å²) < 4.78 is 9.95. The Hall–Kier alpha value is -0.800. The summed E-state index contributed by atoms with van der Waals surface area (Å²) in [5, 5.41) is 0.470. The summed E-state index contributed by atoms with van der Waals surface area (Å²) >= 11 is 5.65. The normalized spacial score (nSPS) is 8.93. The van der Waals surface area contributed by atoms with E-state index in [2.05, 4.69) is 4.98 Å². The number of nitrogens with zero attached hydrogens (tertiary/aromatic N) is 1. The summed E-state index contributed by atoms with van der Waals surface area (Å²) in [6.45, 7) is 6.13. The maximum atomic E-state index is 5.65. The predicted octanol–water partition coefficient (Wildman–Crippen LogP) is 3.05. The molecule has 1 aromatic heterocycles. The Labute approximate surface area is 90.0 Å². The van der Waals surface area contributed by atoms with E-state index in [0.29, 0.717) is 10.9 Å². The highest BCUT2D eigenvalue weighted by atomic mass is 35.5. The fourth-order valence-corrected chi connectivity index (χ4v) is 0.995. The van der Waals surface area contributed by atoms with E-state index in [-0.39, 0.29) is 6.79 Å². The van der Waals surface area contributed by atoms with E-state index < -0.39 is 0 Å². The Kier molecular flexibility index (Phi) is 7.16. The van der Waals surface area contributed by atoms with Gasteiger partial charge in [0, 0.05) is 7.11 Å². The molecule has 0 aliphatic carbocycles. The van der Waals surface area contributed by atoms with Crippen LogP contribution in [-0.4, -0.2) is 18.9 Å². The van der Waals surface area contributed by atoms with E-state index in [9.17, 15) is 0 Å². The molecule has 0 unspecified atom stereocenters. The highest BCUT2D eigenvalue weighted by Gasteiger charge is 1.99. The van der Waals surface area contributed by atoms with Gasteiger partial charge < -0.3 is 9.47 Å². The summed E-state index contributed by atoms with van der Waals surface area (Å²) in [5.74, 6) is 0.696. The molecule has 1 heterocycles. The largest absolute Gasteiger partial charge is 0.466 e. The van der Waals surface area contributed by atoms with Crippen LogP contribution < -0.4 is 4.74 Å². The van der Waals surface area contributed by atoms with Gasteiger partial charge in [0.05, 0.1) is 6.20 Å². The van der Waals surface area contributed by atoms with Gasteiger partial charge in [-0.1, -0.05) is 25.4 Å². The van der Waals surface area contributed by atoms with Crippen molar-refractivity contribution in [3.63, 3.8) is 0 Å². The van der Waals surface area contributed by atoms with E-state index in [0.717, 1.165) is 5.56 Å². The monoisotopic (exact) mass is 217 g/mol. The highest BCUT2D eigenvalue weighted by Crippen LogP contribution is 2.18. The quantitative estimate of drug-likeness (QED) is 0.576. The topological polar surface area (TPSA) is 31.4 Å². The van der Waals surface area contributed by atoms with Crippen LogP contribution in [0.5, 0.6) is 5.75 Å². The second kappa shape index (κ2) is 7.59. The van der Waals surface area contributed by atoms with Crippen molar-refractivity contribution < 1.29 is 9.47 Å². The molecule has 80 valence electrons. The zero-order chi connectivity index (χ0) is 11.0. The average Bonchev–Trinajstić information content (AvgIpc) is 2.20. The van der Waals surface area contributed by atoms with Gasteiger partial charge in [0.2, 0.25) is 0 Å². The third kappa shape index (κ3) is 4.44. The molecule has 0 atom stereocenters. The summed E-state index contributed by atoms with van der Waals surface area (Å²) in [7, 11) is 1.57. The average molecular weight is 218 g/mol. The van der Waals surface area contributed by atoms with Gasteiger partial charge in [0.1, 0.15) is 10.9 Å². The third-order valence-electron chi connectivity index (χ3n) is 1.36. The molecule has 0 bridgehead atoms. The lowest BCUT2D eigenvalue weighted by molar-refractivity contribution is 0.0503. The SMILES string of the molecule is CC.COCOc1cnc(Cl)cc1C. The number of aryl methyl sites for hydroxylation is 1. The van der Waals surface area contributed by atoms with E-state index >= 15 is 0 Å². The van der Waals surface area contributed by atoms with Gasteiger partial charge in [-0.2, -0.15) is 0 Å². The number of halogens is 1. The molecule has 0 aliphatic rings. The van der Waals surface area contributed by atoms with Crippen molar-refractivity contribution in [1.82, 2.24) is 4.98 Å². The molecule has 0 aliphatic heterocycles. The lowest BCUT2D eigenvalue weighted by atomic mass is 10.3. The van der Waals surface area contributed by atoms with Crippen molar-refractivity contribution in [2.75, 3.05) is 13.9 Å². The first-order valence-corrected chi connectivity index (χ1v) is 4.85. The van der Waals surface area contributed by atoms with E-state index in [1.54, 1.807) is 19.4 Å². The van der Waals surface area contributed by atoms with Crippen LogP contribution >= 0.6 is 11.6 Å². The Morgan fingerprint density at radius 3 is 2.57 bits per heavy atom. The highest BCUT2D eigenvalue weighted by molar-refractivity contribution is 6.29. The molecule has 1 rings (SSSR count). The van der Waals surface area contributed by atoms with Gasteiger partial charge in [0.25, 0.3) is 0 Å². The third-order valence-corrected chi connectivity index (χ3v) is 1.57. The Morgan fingerprint density at radius 2 is 2.07 bits per heavy atom. The number of aromatic nitrogens is 1. The zero-order valence-electron chi connectivity index (χ0n) is 9.00. The number of methoxy groups -OCH3 is 1. The fraction of sp³-hybridized carbons (Fsp3) is 0.500. The van der Waals surface area contributed by atoms with Crippen molar-refractivity contribution in [1.29, 1.82) is 0 Å². The van der Waals surface area contributed by atoms with Gasteiger partial charge in [-0.3, -0.25) is 0 Å². The van der Waals surface area contributed by atoms with Crippen LogP contribution in [0.15, 0.2) is 12.3 Å². The molecule has 0 saturated carbocycles. The van der Waals surface area contributed by atoms with Gasteiger partial charge >= 0.3 is 0 Å². The molecular weight excluding hydrogens is 202 g/mol. The molecule has 4 heteroatoms. The van der Waals surface area contributed by atoms with Crippen molar-refractivity contribution >= 4 is 11.6 Å². The minimum absolute atomic E-state index is 0.226. The number of pyridine rings is 1. The van der Waals surface area contributed by atoms with Crippen molar-refractivity contribution in [3.05, 3.63) is 23.0 Å². The standard InChI is InChI=1S/C8H10ClNO2.C2H6/c1-6-3-8(9)10-4-7(6)12-5-11-2;1-2/h3-4H,5H2,1-2H3;1-2H3. The van der Waals surface area contributed by atoms with Crippen LogP contribution in [0.3, 0.4) is 0 Å². The molecule has 3 nitrogen and oxygen atoms in total. The molecule has 14 heavy (non-hydrogen) atoms. The van der Waals surface area contributed by atoms with Crippen LogP contribution in [0.1, 0.15) is 19.4 Å². The van der Waals surface area contributed by atoms with E-state index in [1.807, 2.05) is 20.8 Å². The maximum absolute atomic E-state index is 5.65. The van der Waals surface area contributed by atoms with Crippen LogP contribution in [0, 0.1) is 6.92 Å². The van der Waals surface area contributed by atoms with Gasteiger partial charge in [-0.05, 0) is 18.6 Å². The van der Waals surface area contributed by atoms with Crippen molar-refractivity contribution in [2.45, 2.75) is 20.8 Å². The number of hydrogen-bond donors (Lipinski definition) is 0. The van der Waals surface area contributed by atoms with Gasteiger partial charge in [-0.25, -0.2) is 4.98 Å². The zero-order valence-corrected chi connectivity index (χ0v) is 9.76. The van der Waals surface area contributed by atoms with Gasteiger partial charge in [-0.15, -0.1) is 0 Å². The molecule has 0 spiro atoms. The summed E-state index contributed by atoms with van der Waals surface area (Å²) in [4.78, 5) is 3.88. The summed E-state index contributed by atoms with van der Waals surface area (Å²) in [6.07, 6.45) is 1.58. The summed E-state index contributed by atoms with van der Waals surface area (Å²) in [5.41, 5.74) is 0.951. The Bertz CT molecular complexity index is 266. The smallest absolute Gasteiger partial charge is 0.188 e. The van der Waals surface area contributed by atoms with Crippen LogP contribution in [0.25, 0.3) is 0 Å². The van der Waals surface area contributed by atoms with Crippen LogP contribution in [0.2, 0.25) is 5.15 Å². The second-order valence-electron chi connectivity index (χ2n) is 2.32. The molecule has 0 N–H and O–H groups in total. The molecule has 0 saturated heterocycles. The Balaban J connectivity index is 0.000000791. The first-order valence-electron chi connectivity index (χ1n) is 4.48. The minimum Gasteiger partial charge on any atom is -0.466 e. The fourth-order valence-electron chi connectivity index (χ4n) is 0.783. The minimum atomic E-state index is 0.226. The first-order chi connectivity index (χ1) is 6.74. The Morgan fingerprint density at radius 1 is 1.43 bits per heavy atom. The van der Waals surface area contributed by atoms with E-state index in [4.69, 9.17) is 21.1 Å². The van der Waals surface area contributed by atoms with Crippen molar-refractivity contribution in [3.8, 4) is 5.75 Å². The molecule has 0 radical (unpaired) electrons. The van der Waals surface area contributed by atoms with Gasteiger partial charge in [0.15, 0.2) is 6.79 Å². The predicted molar refractivity (Wildman–Crippen MR) is 57.8 cm³/mol. The second-order valence-corrected chi connectivity index (χ2v) is 2.71. The first kappa shape index (κ1) is 13.2. The molecule has 1 aromatic rings. The van der Waals surface area contributed by atoms with Crippen molar-refractivity contribution in [2.24, 2.45) is 0 Å².